The molecule has 2 rings (SSSR count). The highest BCUT2D eigenvalue weighted by molar-refractivity contribution is 6.30. The van der Waals surface area contributed by atoms with Gasteiger partial charge >= 0.3 is 6.09 Å². The fourth-order valence-corrected chi connectivity index (χ4v) is 2.87. The van der Waals surface area contributed by atoms with E-state index in [2.05, 4.69) is 22.5 Å². The van der Waals surface area contributed by atoms with Gasteiger partial charge in [-0.25, -0.2) is 4.79 Å². The number of hydrogen-bond acceptors (Lipinski definition) is 3. The molecule has 1 aliphatic rings. The zero-order valence-electron chi connectivity index (χ0n) is 15.4. The van der Waals surface area contributed by atoms with E-state index < -0.39 is 5.60 Å². The van der Waals surface area contributed by atoms with Crippen LogP contribution >= 0.6 is 11.6 Å². The van der Waals surface area contributed by atoms with Crippen LogP contribution in [0.4, 0.5) is 4.79 Å². The molecule has 0 aliphatic heterocycles. The van der Waals surface area contributed by atoms with E-state index >= 15 is 0 Å². The molecule has 26 heavy (non-hydrogen) atoms. The van der Waals surface area contributed by atoms with Gasteiger partial charge in [-0.15, -0.1) is 0 Å². The number of alkyl carbamates (subject to hydrolysis) is 1. The number of nitrogens with one attached hydrogen (secondary N) is 2. The van der Waals surface area contributed by atoms with Gasteiger partial charge in [0.2, 0.25) is 0 Å². The van der Waals surface area contributed by atoms with Crippen LogP contribution in [-0.4, -0.2) is 29.7 Å². The molecule has 2 N–H and O–H groups in total. The Balaban J connectivity index is 1.74. The summed E-state index contributed by atoms with van der Waals surface area (Å²) in [5.74, 6) is 5.14. The molecule has 0 bridgehead atoms. The quantitative estimate of drug-likeness (QED) is 0.774. The zero-order valence-corrected chi connectivity index (χ0v) is 16.2. The lowest BCUT2D eigenvalue weighted by molar-refractivity contribution is -0.116. The topological polar surface area (TPSA) is 67.4 Å². The molecule has 1 saturated carbocycles. The predicted molar refractivity (Wildman–Crippen MR) is 102 cm³/mol. The predicted octanol–water partition coefficient (Wildman–Crippen LogP) is 3.64. The summed E-state index contributed by atoms with van der Waals surface area (Å²) >= 11 is 5.82. The fraction of sp³-hybridized carbons (Fsp3) is 0.500. The molecule has 1 fully saturated rings. The van der Waals surface area contributed by atoms with Gasteiger partial charge in [0.15, 0.2) is 0 Å². The number of halogens is 1. The number of ether oxygens (including phenoxy) is 1. The van der Waals surface area contributed by atoms with Crippen molar-refractivity contribution in [2.45, 2.75) is 64.1 Å². The van der Waals surface area contributed by atoms with Gasteiger partial charge in [-0.05, 0) is 70.7 Å². The second kappa shape index (κ2) is 8.95. The summed E-state index contributed by atoms with van der Waals surface area (Å²) < 4.78 is 5.27. The Morgan fingerprint density at radius 1 is 1.04 bits per heavy atom. The smallest absolute Gasteiger partial charge is 0.407 e. The molecule has 1 aromatic carbocycles. The Morgan fingerprint density at radius 3 is 2.12 bits per heavy atom. The van der Waals surface area contributed by atoms with Gasteiger partial charge in [-0.1, -0.05) is 17.5 Å². The van der Waals surface area contributed by atoms with Gasteiger partial charge in [0.1, 0.15) is 5.60 Å². The average Bonchev–Trinajstić information content (AvgIpc) is 2.54. The number of carbonyl (C=O) groups is 2. The van der Waals surface area contributed by atoms with Crippen molar-refractivity contribution >= 4 is 23.6 Å². The van der Waals surface area contributed by atoms with Crippen LogP contribution in [0.3, 0.4) is 0 Å². The fourth-order valence-electron chi connectivity index (χ4n) is 2.74. The molecule has 0 aromatic heterocycles. The highest BCUT2D eigenvalue weighted by atomic mass is 35.5. The van der Waals surface area contributed by atoms with E-state index in [0.717, 1.165) is 31.2 Å². The van der Waals surface area contributed by atoms with Crippen LogP contribution in [0, 0.1) is 11.8 Å². The van der Waals surface area contributed by atoms with Gasteiger partial charge in [-0.2, -0.15) is 0 Å². The summed E-state index contributed by atoms with van der Waals surface area (Å²) in [6, 6.07) is 7.19. The third-order valence-electron chi connectivity index (χ3n) is 3.95. The third-order valence-corrected chi connectivity index (χ3v) is 4.20. The van der Waals surface area contributed by atoms with Crippen LogP contribution in [0.15, 0.2) is 24.3 Å². The van der Waals surface area contributed by atoms with Gasteiger partial charge in [-0.3, -0.25) is 4.79 Å². The first-order chi connectivity index (χ1) is 12.2. The molecule has 2 amide bonds. The Bertz CT molecular complexity index is 690. The minimum atomic E-state index is -0.502. The van der Waals surface area contributed by atoms with Crippen molar-refractivity contribution in [3.8, 4) is 11.8 Å². The number of carbonyl (C=O) groups excluding carboxylic acids is 2. The Morgan fingerprint density at radius 2 is 1.58 bits per heavy atom. The van der Waals surface area contributed by atoms with E-state index in [0.29, 0.717) is 5.02 Å². The van der Waals surface area contributed by atoms with Crippen molar-refractivity contribution in [3.05, 3.63) is 34.9 Å². The lowest BCUT2D eigenvalue weighted by atomic mass is 9.91. The summed E-state index contributed by atoms with van der Waals surface area (Å²) in [7, 11) is 0. The Labute approximate surface area is 159 Å². The normalized spacial score (nSPS) is 19.7. The molecule has 0 saturated heterocycles. The summed E-state index contributed by atoms with van der Waals surface area (Å²) in [4.78, 5) is 23.8. The molecular formula is C20H25ClN2O3. The maximum Gasteiger partial charge on any atom is 0.407 e. The lowest BCUT2D eigenvalue weighted by Crippen LogP contribution is -2.44. The van der Waals surface area contributed by atoms with Crippen LogP contribution in [0.5, 0.6) is 0 Å². The first kappa shape index (κ1) is 20.1. The molecular weight excluding hydrogens is 352 g/mol. The number of rotatable bonds is 2. The van der Waals surface area contributed by atoms with Crippen LogP contribution in [0.1, 0.15) is 52.0 Å². The number of hydrogen-bond donors (Lipinski definition) is 2. The first-order valence-corrected chi connectivity index (χ1v) is 9.17. The molecule has 0 spiro atoms. The number of amides is 2. The largest absolute Gasteiger partial charge is 0.444 e. The van der Waals surface area contributed by atoms with E-state index in [1.165, 1.54) is 0 Å². The highest BCUT2D eigenvalue weighted by Crippen LogP contribution is 2.19. The Kier molecular flexibility index (Phi) is 6.93. The van der Waals surface area contributed by atoms with E-state index in [-0.39, 0.29) is 24.1 Å². The van der Waals surface area contributed by atoms with Crippen LogP contribution in [0.2, 0.25) is 5.02 Å². The van der Waals surface area contributed by atoms with Crippen molar-refractivity contribution < 1.29 is 14.3 Å². The van der Waals surface area contributed by atoms with E-state index in [9.17, 15) is 9.59 Å². The maximum atomic E-state index is 12.0. The zero-order chi connectivity index (χ0) is 19.2. The molecule has 0 radical (unpaired) electrons. The average molecular weight is 377 g/mol. The molecule has 1 aliphatic carbocycles. The van der Waals surface area contributed by atoms with Crippen molar-refractivity contribution in [2.75, 3.05) is 0 Å². The second-order valence-electron chi connectivity index (χ2n) is 7.43. The number of benzene rings is 1. The standard InChI is InChI=1S/C20H25ClN2O3/c1-20(2,3)26-19(25)23-17-11-9-16(10-12-17)22-18(24)13-6-14-4-7-15(21)8-5-14/h4-5,7-8,16-17H,9-12H2,1-3H3,(H,22,24)(H,23,25). The molecule has 1 aromatic rings. The van der Waals surface area contributed by atoms with Gasteiger partial charge in [0.25, 0.3) is 5.91 Å². The minimum absolute atomic E-state index is 0.0816. The van der Waals surface area contributed by atoms with E-state index in [1.54, 1.807) is 24.3 Å². The summed E-state index contributed by atoms with van der Waals surface area (Å²) in [6.07, 6.45) is 2.81. The maximum absolute atomic E-state index is 12.0. The SMILES string of the molecule is CC(C)(C)OC(=O)NC1CCC(NC(=O)C#Cc2ccc(Cl)cc2)CC1. The van der Waals surface area contributed by atoms with Gasteiger partial charge < -0.3 is 15.4 Å². The van der Waals surface area contributed by atoms with Crippen molar-refractivity contribution in [1.82, 2.24) is 10.6 Å². The van der Waals surface area contributed by atoms with Crippen LogP contribution < -0.4 is 10.6 Å². The highest BCUT2D eigenvalue weighted by Gasteiger charge is 2.25. The molecule has 0 heterocycles. The monoisotopic (exact) mass is 376 g/mol. The van der Waals surface area contributed by atoms with Crippen molar-refractivity contribution in [1.29, 1.82) is 0 Å². The summed E-state index contributed by atoms with van der Waals surface area (Å²) in [5, 5.41) is 6.45. The lowest BCUT2D eigenvalue weighted by Gasteiger charge is -2.30. The van der Waals surface area contributed by atoms with Gasteiger partial charge in [0.05, 0.1) is 0 Å². The molecule has 140 valence electrons. The molecule has 0 unspecified atom stereocenters. The van der Waals surface area contributed by atoms with Crippen LogP contribution in [0.25, 0.3) is 0 Å². The molecule has 5 nitrogen and oxygen atoms in total. The second-order valence-corrected chi connectivity index (χ2v) is 7.86. The minimum Gasteiger partial charge on any atom is -0.444 e. The Hall–Kier alpha value is -2.19. The van der Waals surface area contributed by atoms with Crippen molar-refractivity contribution in [3.63, 3.8) is 0 Å². The third kappa shape index (κ3) is 7.37. The molecule has 6 heteroatoms. The van der Waals surface area contributed by atoms with E-state index in [4.69, 9.17) is 16.3 Å². The molecule has 0 atom stereocenters. The van der Waals surface area contributed by atoms with Crippen LogP contribution in [-0.2, 0) is 9.53 Å². The first-order valence-electron chi connectivity index (χ1n) is 8.79. The summed E-state index contributed by atoms with van der Waals surface area (Å²) in [5.41, 5.74) is 0.243. The van der Waals surface area contributed by atoms with Gasteiger partial charge in [0, 0.05) is 28.6 Å². The summed E-state index contributed by atoms with van der Waals surface area (Å²) in [6.45, 7) is 5.51. The van der Waals surface area contributed by atoms with Crippen molar-refractivity contribution in [2.24, 2.45) is 0 Å². The van der Waals surface area contributed by atoms with E-state index in [1.807, 2.05) is 20.8 Å².